The third-order valence-electron chi connectivity index (χ3n) is 1.99. The summed E-state index contributed by atoms with van der Waals surface area (Å²) in [5.41, 5.74) is 0.489. The summed E-state index contributed by atoms with van der Waals surface area (Å²) in [5, 5.41) is 2.76. The highest BCUT2D eigenvalue weighted by Crippen LogP contribution is 2.12. The third kappa shape index (κ3) is 4.72. The van der Waals surface area contributed by atoms with Crippen molar-refractivity contribution in [1.82, 2.24) is 10.2 Å². The second-order valence-corrected chi connectivity index (χ2v) is 4.87. The first-order valence-corrected chi connectivity index (χ1v) is 5.28. The Balaban J connectivity index is 2.44. The molecule has 4 nitrogen and oxygen atoms in total. The third-order valence-corrected chi connectivity index (χ3v) is 1.99. The van der Waals surface area contributed by atoms with Gasteiger partial charge in [0, 0.05) is 25.5 Å². The first kappa shape index (κ1) is 11.9. The van der Waals surface area contributed by atoms with Crippen molar-refractivity contribution in [3.8, 4) is 0 Å². The summed E-state index contributed by atoms with van der Waals surface area (Å²) >= 11 is 0. The van der Waals surface area contributed by atoms with E-state index in [1.165, 1.54) is 0 Å². The Bertz CT molecular complexity index is 266. The van der Waals surface area contributed by atoms with Gasteiger partial charge in [-0.25, -0.2) is 4.79 Å². The van der Waals surface area contributed by atoms with Crippen molar-refractivity contribution in [1.29, 1.82) is 0 Å². The SMILES string of the molecule is CN1C=C(NC(=O)OC(C)(C)C)CCC1. The number of carbonyl (C=O) groups excluding carboxylic acids is 1. The zero-order chi connectivity index (χ0) is 11.5. The van der Waals surface area contributed by atoms with Gasteiger partial charge in [-0.15, -0.1) is 0 Å². The Labute approximate surface area is 91.3 Å². The number of ether oxygens (including phenoxy) is 1. The molecule has 1 amide bonds. The number of nitrogens with one attached hydrogen (secondary N) is 1. The number of allylic oxidation sites excluding steroid dienone is 1. The molecule has 1 aliphatic heterocycles. The molecule has 0 bridgehead atoms. The van der Waals surface area contributed by atoms with Gasteiger partial charge in [0.2, 0.25) is 0 Å². The van der Waals surface area contributed by atoms with Gasteiger partial charge in [0.05, 0.1) is 0 Å². The highest BCUT2D eigenvalue weighted by atomic mass is 16.6. The van der Waals surface area contributed by atoms with Gasteiger partial charge < -0.3 is 9.64 Å². The minimum Gasteiger partial charge on any atom is -0.444 e. The van der Waals surface area contributed by atoms with Gasteiger partial charge in [0.1, 0.15) is 5.60 Å². The fraction of sp³-hybridized carbons (Fsp3) is 0.727. The van der Waals surface area contributed by atoms with Crippen LogP contribution < -0.4 is 5.32 Å². The van der Waals surface area contributed by atoms with Crippen molar-refractivity contribution in [3.05, 3.63) is 11.9 Å². The van der Waals surface area contributed by atoms with Gasteiger partial charge in [-0.1, -0.05) is 0 Å². The van der Waals surface area contributed by atoms with Crippen LogP contribution in [-0.2, 0) is 4.74 Å². The number of nitrogens with zero attached hydrogens (tertiary/aromatic N) is 1. The van der Waals surface area contributed by atoms with E-state index in [9.17, 15) is 4.79 Å². The molecule has 0 unspecified atom stereocenters. The van der Waals surface area contributed by atoms with Crippen molar-refractivity contribution in [2.45, 2.75) is 39.2 Å². The van der Waals surface area contributed by atoms with Crippen LogP contribution in [0.5, 0.6) is 0 Å². The van der Waals surface area contributed by atoms with Crippen LogP contribution in [-0.4, -0.2) is 30.2 Å². The average Bonchev–Trinajstić information content (AvgIpc) is 1.99. The Kier molecular flexibility index (Phi) is 3.61. The van der Waals surface area contributed by atoms with E-state index in [1.54, 1.807) is 0 Å². The van der Waals surface area contributed by atoms with E-state index in [-0.39, 0.29) is 6.09 Å². The fourth-order valence-corrected chi connectivity index (χ4v) is 1.44. The topological polar surface area (TPSA) is 41.6 Å². The Morgan fingerprint density at radius 2 is 2.20 bits per heavy atom. The van der Waals surface area contributed by atoms with E-state index in [4.69, 9.17) is 4.74 Å². The lowest BCUT2D eigenvalue weighted by atomic mass is 10.2. The molecule has 0 spiro atoms. The maximum atomic E-state index is 11.4. The zero-order valence-electron chi connectivity index (χ0n) is 9.96. The van der Waals surface area contributed by atoms with Gasteiger partial charge in [-0.2, -0.15) is 0 Å². The van der Waals surface area contributed by atoms with Crippen LogP contribution in [0.2, 0.25) is 0 Å². The minimum absolute atomic E-state index is 0.371. The highest BCUT2D eigenvalue weighted by Gasteiger charge is 2.17. The van der Waals surface area contributed by atoms with Gasteiger partial charge in [-0.3, -0.25) is 5.32 Å². The van der Waals surface area contributed by atoms with E-state index in [0.29, 0.717) is 0 Å². The van der Waals surface area contributed by atoms with Crippen LogP contribution >= 0.6 is 0 Å². The summed E-state index contributed by atoms with van der Waals surface area (Å²) in [4.78, 5) is 13.5. The molecular formula is C11H20N2O2. The molecule has 1 rings (SSSR count). The van der Waals surface area contributed by atoms with E-state index < -0.39 is 5.60 Å². The number of amides is 1. The summed E-state index contributed by atoms with van der Waals surface area (Å²) in [6.45, 7) is 6.61. The molecule has 0 aromatic heterocycles. The molecule has 1 N–H and O–H groups in total. The smallest absolute Gasteiger partial charge is 0.411 e. The molecule has 1 aliphatic rings. The highest BCUT2D eigenvalue weighted by molar-refractivity contribution is 5.69. The lowest BCUT2D eigenvalue weighted by Gasteiger charge is -2.24. The summed E-state index contributed by atoms with van der Waals surface area (Å²) in [6, 6.07) is 0. The van der Waals surface area contributed by atoms with E-state index >= 15 is 0 Å². The molecule has 0 aromatic rings. The average molecular weight is 212 g/mol. The monoisotopic (exact) mass is 212 g/mol. The lowest BCUT2D eigenvalue weighted by Crippen LogP contribution is -2.34. The summed E-state index contributed by atoms with van der Waals surface area (Å²) < 4.78 is 5.17. The van der Waals surface area contributed by atoms with Crippen LogP contribution in [0.25, 0.3) is 0 Å². The number of alkyl carbamates (subject to hydrolysis) is 1. The van der Waals surface area contributed by atoms with Crippen LogP contribution in [0.15, 0.2) is 11.9 Å². The molecule has 86 valence electrons. The Morgan fingerprint density at radius 1 is 1.53 bits per heavy atom. The van der Waals surface area contributed by atoms with Crippen LogP contribution in [0.3, 0.4) is 0 Å². The summed E-state index contributed by atoms with van der Waals surface area (Å²) in [6.07, 6.45) is 3.55. The predicted molar refractivity (Wildman–Crippen MR) is 59.3 cm³/mol. The molecule has 0 atom stereocenters. The van der Waals surface area contributed by atoms with Gasteiger partial charge >= 0.3 is 6.09 Å². The minimum atomic E-state index is -0.439. The molecule has 0 aromatic carbocycles. The predicted octanol–water partition coefficient (Wildman–Crippen LogP) is 2.08. The first-order chi connectivity index (χ1) is 6.87. The second-order valence-electron chi connectivity index (χ2n) is 4.87. The Hall–Kier alpha value is -1.19. The maximum Gasteiger partial charge on any atom is 0.411 e. The van der Waals surface area contributed by atoms with Crippen molar-refractivity contribution in [3.63, 3.8) is 0 Å². The quantitative estimate of drug-likeness (QED) is 0.723. The van der Waals surface area contributed by atoms with Gasteiger partial charge in [0.15, 0.2) is 0 Å². The molecule has 0 radical (unpaired) electrons. The fourth-order valence-electron chi connectivity index (χ4n) is 1.44. The molecule has 0 saturated carbocycles. The molecule has 1 heterocycles. The molecule has 0 saturated heterocycles. The van der Waals surface area contributed by atoms with Crippen LogP contribution in [0, 0.1) is 0 Å². The largest absolute Gasteiger partial charge is 0.444 e. The van der Waals surface area contributed by atoms with E-state index in [1.807, 2.05) is 34.0 Å². The second kappa shape index (κ2) is 4.55. The Morgan fingerprint density at radius 3 is 2.73 bits per heavy atom. The van der Waals surface area contributed by atoms with Crippen LogP contribution in [0.1, 0.15) is 33.6 Å². The normalized spacial score (nSPS) is 17.1. The molecule has 4 heteroatoms. The number of rotatable bonds is 1. The lowest BCUT2D eigenvalue weighted by molar-refractivity contribution is 0.0542. The zero-order valence-corrected chi connectivity index (χ0v) is 9.96. The molecular weight excluding hydrogens is 192 g/mol. The number of hydrogen-bond acceptors (Lipinski definition) is 3. The van der Waals surface area contributed by atoms with E-state index in [0.717, 1.165) is 25.1 Å². The summed E-state index contributed by atoms with van der Waals surface area (Å²) in [5.74, 6) is 0. The van der Waals surface area contributed by atoms with Crippen molar-refractivity contribution >= 4 is 6.09 Å². The molecule has 0 fully saturated rings. The molecule has 0 aliphatic carbocycles. The van der Waals surface area contributed by atoms with Gasteiger partial charge in [0.25, 0.3) is 0 Å². The number of hydrogen-bond donors (Lipinski definition) is 1. The maximum absolute atomic E-state index is 11.4. The van der Waals surface area contributed by atoms with Crippen molar-refractivity contribution in [2.75, 3.05) is 13.6 Å². The van der Waals surface area contributed by atoms with Crippen molar-refractivity contribution < 1.29 is 9.53 Å². The standard InChI is InChI=1S/C11H20N2O2/c1-11(2,3)15-10(14)12-9-6-5-7-13(4)8-9/h8H,5-7H2,1-4H3,(H,12,14). The first-order valence-electron chi connectivity index (χ1n) is 5.28. The van der Waals surface area contributed by atoms with Gasteiger partial charge in [-0.05, 0) is 33.6 Å². The number of carbonyl (C=O) groups is 1. The summed E-state index contributed by atoms with van der Waals surface area (Å²) in [7, 11) is 2.00. The van der Waals surface area contributed by atoms with Crippen molar-refractivity contribution in [2.24, 2.45) is 0 Å². The van der Waals surface area contributed by atoms with E-state index in [2.05, 4.69) is 10.2 Å². The van der Waals surface area contributed by atoms with Crippen LogP contribution in [0.4, 0.5) is 4.79 Å². The molecule has 15 heavy (non-hydrogen) atoms.